The average Bonchev–Trinajstić information content (AvgIpc) is 2.54. The van der Waals surface area contributed by atoms with Crippen molar-refractivity contribution in [1.82, 2.24) is 10.3 Å². The molecule has 0 fully saturated rings. The topological polar surface area (TPSA) is 54.4 Å². The van der Waals surface area contributed by atoms with E-state index >= 15 is 0 Å². The van der Waals surface area contributed by atoms with Crippen molar-refractivity contribution in [2.75, 3.05) is 0 Å². The summed E-state index contributed by atoms with van der Waals surface area (Å²) < 4.78 is 5.47. The van der Waals surface area contributed by atoms with Gasteiger partial charge in [-0.1, -0.05) is 11.3 Å². The molecule has 5 heteroatoms. The van der Waals surface area contributed by atoms with Crippen molar-refractivity contribution in [3.8, 4) is 5.19 Å². The van der Waals surface area contributed by atoms with Gasteiger partial charge in [0.2, 0.25) is 0 Å². The lowest BCUT2D eigenvalue weighted by atomic mass is 10.3. The summed E-state index contributed by atoms with van der Waals surface area (Å²) in [5.41, 5.74) is 0. The summed E-state index contributed by atoms with van der Waals surface area (Å²) >= 11 is 1.41. The summed E-state index contributed by atoms with van der Waals surface area (Å²) in [7, 11) is 0. The van der Waals surface area contributed by atoms with E-state index in [2.05, 4.69) is 10.3 Å². The third kappa shape index (κ3) is 3.61. The standard InChI is InChI=1S/C9H16N2O2S/c1-6(2)11-8(7(3)12)13-9-10-4-5-14-9/h4-8,11-12H,1-3H3. The molecule has 0 radical (unpaired) electrons. The second kappa shape index (κ2) is 5.29. The van der Waals surface area contributed by atoms with Crippen LogP contribution < -0.4 is 10.1 Å². The molecule has 0 aliphatic carbocycles. The lowest BCUT2D eigenvalue weighted by Gasteiger charge is -2.23. The highest BCUT2D eigenvalue weighted by Crippen LogP contribution is 2.15. The van der Waals surface area contributed by atoms with Crippen LogP contribution in [0.15, 0.2) is 11.6 Å². The van der Waals surface area contributed by atoms with Crippen LogP contribution in [0.2, 0.25) is 0 Å². The summed E-state index contributed by atoms with van der Waals surface area (Å²) in [5.74, 6) is 0. The minimum atomic E-state index is -0.568. The van der Waals surface area contributed by atoms with Gasteiger partial charge < -0.3 is 9.84 Å². The van der Waals surface area contributed by atoms with Gasteiger partial charge in [-0.05, 0) is 20.8 Å². The van der Waals surface area contributed by atoms with Crippen LogP contribution in [0.3, 0.4) is 0 Å². The van der Waals surface area contributed by atoms with E-state index in [0.717, 1.165) is 0 Å². The Labute approximate surface area is 87.9 Å². The van der Waals surface area contributed by atoms with E-state index in [9.17, 15) is 5.11 Å². The van der Waals surface area contributed by atoms with Crippen molar-refractivity contribution >= 4 is 11.3 Å². The average molecular weight is 216 g/mol. The lowest BCUT2D eigenvalue weighted by molar-refractivity contribution is 0.0217. The maximum atomic E-state index is 9.45. The Bertz CT molecular complexity index is 249. The van der Waals surface area contributed by atoms with Crippen molar-refractivity contribution < 1.29 is 9.84 Å². The van der Waals surface area contributed by atoms with Crippen LogP contribution in [0.1, 0.15) is 20.8 Å². The van der Waals surface area contributed by atoms with Crippen LogP contribution in [0.5, 0.6) is 5.19 Å². The molecule has 2 atom stereocenters. The SMILES string of the molecule is CC(C)NC(Oc1nccs1)C(C)O. The zero-order chi connectivity index (χ0) is 10.6. The van der Waals surface area contributed by atoms with Gasteiger partial charge in [-0.25, -0.2) is 4.98 Å². The smallest absolute Gasteiger partial charge is 0.274 e. The number of rotatable bonds is 5. The molecule has 0 aromatic carbocycles. The van der Waals surface area contributed by atoms with Gasteiger partial charge in [0.25, 0.3) is 5.19 Å². The number of aliphatic hydroxyl groups excluding tert-OH is 1. The molecule has 1 heterocycles. The Morgan fingerprint density at radius 3 is 2.64 bits per heavy atom. The molecule has 2 N–H and O–H groups in total. The summed E-state index contributed by atoms with van der Waals surface area (Å²) in [6.07, 6.45) is 0.705. The minimum Gasteiger partial charge on any atom is -0.448 e. The molecule has 14 heavy (non-hydrogen) atoms. The molecule has 0 aliphatic heterocycles. The molecule has 80 valence electrons. The maximum absolute atomic E-state index is 9.45. The second-order valence-corrected chi connectivity index (χ2v) is 4.26. The van der Waals surface area contributed by atoms with E-state index in [4.69, 9.17) is 4.74 Å². The molecular formula is C9H16N2O2S. The molecule has 2 unspecified atom stereocenters. The molecule has 0 spiro atoms. The fraction of sp³-hybridized carbons (Fsp3) is 0.667. The van der Waals surface area contributed by atoms with Crippen molar-refractivity contribution in [1.29, 1.82) is 0 Å². The number of aromatic nitrogens is 1. The first kappa shape index (κ1) is 11.4. The fourth-order valence-electron chi connectivity index (χ4n) is 0.977. The lowest BCUT2D eigenvalue weighted by Crippen LogP contribution is -2.46. The van der Waals surface area contributed by atoms with Crippen LogP contribution in [0.4, 0.5) is 0 Å². The van der Waals surface area contributed by atoms with E-state index < -0.39 is 12.3 Å². The van der Waals surface area contributed by atoms with Gasteiger partial charge in [0.05, 0.1) is 0 Å². The van der Waals surface area contributed by atoms with Crippen molar-refractivity contribution in [2.24, 2.45) is 0 Å². The Morgan fingerprint density at radius 2 is 2.21 bits per heavy atom. The summed E-state index contributed by atoms with van der Waals surface area (Å²) in [4.78, 5) is 3.99. The number of ether oxygens (including phenoxy) is 1. The minimum absolute atomic E-state index is 0.259. The Morgan fingerprint density at radius 1 is 1.50 bits per heavy atom. The Hall–Kier alpha value is -0.650. The van der Waals surface area contributed by atoms with E-state index in [-0.39, 0.29) is 6.04 Å². The molecule has 1 rings (SSSR count). The summed E-state index contributed by atoms with van der Waals surface area (Å²) in [5, 5.41) is 15.0. The normalized spacial score (nSPS) is 15.5. The van der Waals surface area contributed by atoms with E-state index in [1.807, 2.05) is 19.2 Å². The largest absolute Gasteiger partial charge is 0.448 e. The van der Waals surface area contributed by atoms with Gasteiger partial charge in [0, 0.05) is 17.6 Å². The molecule has 0 bridgehead atoms. The van der Waals surface area contributed by atoms with Crippen LogP contribution in [-0.2, 0) is 0 Å². The quantitative estimate of drug-likeness (QED) is 0.727. The highest BCUT2D eigenvalue weighted by Gasteiger charge is 2.18. The van der Waals surface area contributed by atoms with E-state index in [0.29, 0.717) is 5.19 Å². The number of nitrogens with zero attached hydrogens (tertiary/aromatic N) is 1. The third-order valence-corrected chi connectivity index (χ3v) is 2.23. The van der Waals surface area contributed by atoms with Gasteiger partial charge in [-0.15, -0.1) is 0 Å². The van der Waals surface area contributed by atoms with Crippen molar-refractivity contribution in [2.45, 2.75) is 39.1 Å². The molecule has 0 saturated carbocycles. The monoisotopic (exact) mass is 216 g/mol. The molecule has 1 aromatic rings. The maximum Gasteiger partial charge on any atom is 0.274 e. The number of hydrogen-bond donors (Lipinski definition) is 2. The first-order valence-electron chi connectivity index (χ1n) is 4.60. The molecule has 0 aliphatic rings. The Balaban J connectivity index is 2.51. The van der Waals surface area contributed by atoms with Crippen LogP contribution in [-0.4, -0.2) is 28.5 Å². The van der Waals surface area contributed by atoms with Crippen molar-refractivity contribution in [3.05, 3.63) is 11.6 Å². The highest BCUT2D eigenvalue weighted by atomic mass is 32.1. The zero-order valence-corrected chi connectivity index (χ0v) is 9.41. The number of thiazole rings is 1. The summed E-state index contributed by atoms with van der Waals surface area (Å²) in [6, 6.07) is 0.259. The Kier molecular flexibility index (Phi) is 4.31. The number of hydrogen-bond acceptors (Lipinski definition) is 5. The van der Waals surface area contributed by atoms with Crippen LogP contribution in [0.25, 0.3) is 0 Å². The van der Waals surface area contributed by atoms with Gasteiger partial charge in [-0.3, -0.25) is 5.32 Å². The van der Waals surface area contributed by atoms with Gasteiger partial charge in [0.15, 0.2) is 6.23 Å². The third-order valence-electron chi connectivity index (χ3n) is 1.57. The van der Waals surface area contributed by atoms with Gasteiger partial charge >= 0.3 is 0 Å². The molecular weight excluding hydrogens is 200 g/mol. The first-order valence-corrected chi connectivity index (χ1v) is 5.48. The predicted octanol–water partition coefficient (Wildman–Crippen LogP) is 1.23. The first-order chi connectivity index (χ1) is 6.59. The molecule has 1 aromatic heterocycles. The molecule has 4 nitrogen and oxygen atoms in total. The van der Waals surface area contributed by atoms with Crippen molar-refractivity contribution in [3.63, 3.8) is 0 Å². The van der Waals surface area contributed by atoms with Gasteiger partial charge in [-0.2, -0.15) is 0 Å². The summed E-state index contributed by atoms with van der Waals surface area (Å²) in [6.45, 7) is 5.69. The van der Waals surface area contributed by atoms with E-state index in [1.165, 1.54) is 11.3 Å². The zero-order valence-electron chi connectivity index (χ0n) is 8.60. The molecule has 0 amide bonds. The number of aliphatic hydroxyl groups is 1. The number of nitrogens with one attached hydrogen (secondary N) is 1. The highest BCUT2D eigenvalue weighted by molar-refractivity contribution is 7.11. The van der Waals surface area contributed by atoms with E-state index in [1.54, 1.807) is 13.1 Å². The van der Waals surface area contributed by atoms with Gasteiger partial charge in [0.1, 0.15) is 6.10 Å². The molecule has 0 saturated heterocycles. The van der Waals surface area contributed by atoms with Crippen LogP contribution in [0, 0.1) is 0 Å². The fourth-order valence-corrected chi connectivity index (χ4v) is 1.50. The second-order valence-electron chi connectivity index (χ2n) is 3.40. The predicted molar refractivity (Wildman–Crippen MR) is 56.5 cm³/mol. The van der Waals surface area contributed by atoms with Crippen LogP contribution >= 0.6 is 11.3 Å².